The van der Waals surface area contributed by atoms with Gasteiger partial charge in [0.25, 0.3) is 0 Å². The van der Waals surface area contributed by atoms with E-state index in [1.165, 1.54) is 0 Å². The van der Waals surface area contributed by atoms with Crippen LogP contribution in [0.15, 0.2) is 40.8 Å². The summed E-state index contributed by atoms with van der Waals surface area (Å²) in [5, 5.41) is 11.4. The number of allylic oxidation sites excluding steroid dienone is 1. The van der Waals surface area contributed by atoms with Crippen LogP contribution in [0.1, 0.15) is 20.8 Å². The summed E-state index contributed by atoms with van der Waals surface area (Å²) in [5.74, 6) is 0.805. The van der Waals surface area contributed by atoms with Crippen molar-refractivity contribution in [3.8, 4) is 11.4 Å². The standard InChI is InChI=1S/C13H15N5S/c1-13(2,3)10-8-19-12-16-15-11(18(12)17-10)9-4-6-14-7-5-9/h4-8,17H,1-3H3. The first kappa shape index (κ1) is 12.2. The quantitative estimate of drug-likeness (QED) is 0.866. The van der Waals surface area contributed by atoms with Gasteiger partial charge in [-0.15, -0.1) is 10.2 Å². The molecule has 1 aliphatic heterocycles. The maximum absolute atomic E-state index is 4.25. The normalized spacial score (nSPS) is 14.6. The van der Waals surface area contributed by atoms with Crippen LogP contribution in [0.25, 0.3) is 11.4 Å². The summed E-state index contributed by atoms with van der Waals surface area (Å²) in [6.07, 6.45) is 3.51. The molecule has 0 amide bonds. The molecule has 0 bridgehead atoms. The van der Waals surface area contributed by atoms with Gasteiger partial charge in [-0.2, -0.15) is 0 Å². The Morgan fingerprint density at radius 2 is 1.89 bits per heavy atom. The van der Waals surface area contributed by atoms with Crippen LogP contribution in [0.2, 0.25) is 0 Å². The lowest BCUT2D eigenvalue weighted by molar-refractivity contribution is 0.491. The van der Waals surface area contributed by atoms with Crippen LogP contribution in [0.5, 0.6) is 0 Å². The van der Waals surface area contributed by atoms with Crippen molar-refractivity contribution in [2.24, 2.45) is 5.41 Å². The molecule has 2 aromatic heterocycles. The van der Waals surface area contributed by atoms with Gasteiger partial charge in [-0.1, -0.05) is 32.5 Å². The molecular formula is C13H15N5S. The summed E-state index contributed by atoms with van der Waals surface area (Å²) in [6.45, 7) is 6.52. The Morgan fingerprint density at radius 3 is 2.58 bits per heavy atom. The Balaban J connectivity index is 2.01. The van der Waals surface area contributed by atoms with E-state index in [-0.39, 0.29) is 5.41 Å². The van der Waals surface area contributed by atoms with Gasteiger partial charge in [0.2, 0.25) is 5.16 Å². The highest BCUT2D eigenvalue weighted by Crippen LogP contribution is 2.34. The van der Waals surface area contributed by atoms with Crippen molar-refractivity contribution in [1.29, 1.82) is 0 Å². The minimum Gasteiger partial charge on any atom is -0.293 e. The van der Waals surface area contributed by atoms with Crippen molar-refractivity contribution in [2.45, 2.75) is 25.9 Å². The third-order valence-corrected chi connectivity index (χ3v) is 3.72. The summed E-state index contributed by atoms with van der Waals surface area (Å²) >= 11 is 1.59. The number of hydrogen-bond donors (Lipinski definition) is 1. The number of nitrogens with one attached hydrogen (secondary N) is 1. The van der Waals surface area contributed by atoms with E-state index in [2.05, 4.69) is 46.8 Å². The van der Waals surface area contributed by atoms with Crippen LogP contribution in [0.4, 0.5) is 0 Å². The first-order chi connectivity index (χ1) is 9.05. The number of hydrogen-bond acceptors (Lipinski definition) is 5. The minimum absolute atomic E-state index is 0.0600. The first-order valence-electron chi connectivity index (χ1n) is 6.06. The number of aromatic nitrogens is 4. The Kier molecular flexibility index (Phi) is 2.82. The maximum atomic E-state index is 4.25. The minimum atomic E-state index is 0.0600. The van der Waals surface area contributed by atoms with Crippen molar-refractivity contribution in [2.75, 3.05) is 5.43 Å². The molecule has 19 heavy (non-hydrogen) atoms. The molecule has 3 heterocycles. The van der Waals surface area contributed by atoms with Gasteiger partial charge in [0.05, 0.1) is 0 Å². The van der Waals surface area contributed by atoms with Crippen molar-refractivity contribution in [3.63, 3.8) is 0 Å². The van der Waals surface area contributed by atoms with Gasteiger partial charge in [0.15, 0.2) is 5.82 Å². The average Bonchev–Trinajstić information content (AvgIpc) is 2.81. The lowest BCUT2D eigenvalue weighted by Gasteiger charge is -2.28. The lowest BCUT2D eigenvalue weighted by atomic mass is 9.93. The highest BCUT2D eigenvalue weighted by Gasteiger charge is 2.24. The molecular weight excluding hydrogens is 258 g/mol. The van der Waals surface area contributed by atoms with E-state index in [9.17, 15) is 0 Å². The Hall–Kier alpha value is -1.82. The van der Waals surface area contributed by atoms with Gasteiger partial charge in [0, 0.05) is 34.5 Å². The fraction of sp³-hybridized carbons (Fsp3) is 0.308. The topological polar surface area (TPSA) is 55.6 Å². The summed E-state index contributed by atoms with van der Waals surface area (Å²) in [4.78, 5) is 4.03. The van der Waals surface area contributed by atoms with Gasteiger partial charge in [-0.05, 0) is 12.1 Å². The molecule has 6 heteroatoms. The van der Waals surface area contributed by atoms with E-state index in [0.29, 0.717) is 0 Å². The van der Waals surface area contributed by atoms with Gasteiger partial charge in [-0.25, -0.2) is 4.68 Å². The molecule has 1 aliphatic rings. The van der Waals surface area contributed by atoms with Crippen molar-refractivity contribution in [1.82, 2.24) is 19.9 Å². The number of thioether (sulfide) groups is 1. The van der Waals surface area contributed by atoms with E-state index >= 15 is 0 Å². The average molecular weight is 273 g/mol. The molecule has 0 atom stereocenters. The molecule has 0 aliphatic carbocycles. The fourth-order valence-electron chi connectivity index (χ4n) is 1.74. The predicted molar refractivity (Wildman–Crippen MR) is 76.0 cm³/mol. The molecule has 3 rings (SSSR count). The van der Waals surface area contributed by atoms with Crippen molar-refractivity contribution in [3.05, 3.63) is 35.6 Å². The first-order valence-corrected chi connectivity index (χ1v) is 6.94. The molecule has 0 unspecified atom stereocenters. The monoisotopic (exact) mass is 273 g/mol. The third-order valence-electron chi connectivity index (χ3n) is 2.89. The zero-order valence-electron chi connectivity index (χ0n) is 11.1. The molecule has 0 aromatic carbocycles. The molecule has 1 N–H and O–H groups in total. The summed E-state index contributed by atoms with van der Waals surface area (Å²) in [6, 6.07) is 3.86. The second kappa shape index (κ2) is 4.38. The van der Waals surface area contributed by atoms with Gasteiger partial charge < -0.3 is 0 Å². The van der Waals surface area contributed by atoms with E-state index in [1.807, 2.05) is 16.8 Å². The molecule has 5 nitrogen and oxygen atoms in total. The Labute approximate surface area is 116 Å². The zero-order chi connectivity index (χ0) is 13.5. The third kappa shape index (κ3) is 2.23. The van der Waals surface area contributed by atoms with Crippen LogP contribution in [0, 0.1) is 5.41 Å². The maximum Gasteiger partial charge on any atom is 0.214 e. The second-order valence-electron chi connectivity index (χ2n) is 5.39. The lowest BCUT2D eigenvalue weighted by Crippen LogP contribution is -2.27. The molecule has 0 saturated carbocycles. The fourth-order valence-corrected chi connectivity index (χ4v) is 2.69. The number of rotatable bonds is 1. The molecule has 98 valence electrons. The van der Waals surface area contributed by atoms with E-state index in [0.717, 1.165) is 22.2 Å². The second-order valence-corrected chi connectivity index (χ2v) is 6.23. The van der Waals surface area contributed by atoms with E-state index in [4.69, 9.17) is 0 Å². The van der Waals surface area contributed by atoms with Crippen LogP contribution in [0.3, 0.4) is 0 Å². The summed E-state index contributed by atoms with van der Waals surface area (Å²) in [7, 11) is 0. The highest BCUT2D eigenvalue weighted by atomic mass is 32.2. The molecule has 0 fully saturated rings. The van der Waals surface area contributed by atoms with Crippen LogP contribution in [-0.2, 0) is 0 Å². The predicted octanol–water partition coefficient (Wildman–Crippen LogP) is 2.88. The molecule has 0 radical (unpaired) electrons. The van der Waals surface area contributed by atoms with Crippen molar-refractivity contribution >= 4 is 11.8 Å². The van der Waals surface area contributed by atoms with Gasteiger partial charge >= 0.3 is 0 Å². The van der Waals surface area contributed by atoms with Gasteiger partial charge in [-0.3, -0.25) is 10.4 Å². The number of fused-ring (bicyclic) bond motifs is 1. The largest absolute Gasteiger partial charge is 0.293 e. The van der Waals surface area contributed by atoms with Crippen LogP contribution >= 0.6 is 11.8 Å². The van der Waals surface area contributed by atoms with Gasteiger partial charge in [0.1, 0.15) is 0 Å². The Bertz CT molecular complexity index is 624. The molecule has 0 spiro atoms. The summed E-state index contributed by atoms with van der Waals surface area (Å²) in [5.41, 5.74) is 5.61. The van der Waals surface area contributed by atoms with E-state index < -0.39 is 0 Å². The SMILES string of the molecule is CC(C)(C)C1=CSc2nnc(-c3ccncc3)n2N1. The summed E-state index contributed by atoms with van der Waals surface area (Å²) < 4.78 is 1.93. The smallest absolute Gasteiger partial charge is 0.214 e. The van der Waals surface area contributed by atoms with Crippen LogP contribution in [-0.4, -0.2) is 19.9 Å². The zero-order valence-corrected chi connectivity index (χ0v) is 11.9. The Morgan fingerprint density at radius 1 is 1.16 bits per heavy atom. The highest BCUT2D eigenvalue weighted by molar-refractivity contribution is 8.02. The number of pyridine rings is 1. The van der Waals surface area contributed by atoms with Crippen LogP contribution < -0.4 is 5.43 Å². The molecule has 2 aromatic rings. The number of nitrogens with zero attached hydrogens (tertiary/aromatic N) is 4. The van der Waals surface area contributed by atoms with Crippen molar-refractivity contribution < 1.29 is 0 Å². The molecule has 0 saturated heterocycles. The van der Waals surface area contributed by atoms with E-state index in [1.54, 1.807) is 24.2 Å².